The van der Waals surface area contributed by atoms with Gasteiger partial charge in [-0.3, -0.25) is 0 Å². The fourth-order valence-corrected chi connectivity index (χ4v) is 2.80. The predicted octanol–water partition coefficient (Wildman–Crippen LogP) is 2.17. The van der Waals surface area contributed by atoms with E-state index in [0.717, 1.165) is 6.04 Å². The van der Waals surface area contributed by atoms with Gasteiger partial charge in [0.1, 0.15) is 0 Å². The van der Waals surface area contributed by atoms with Crippen LogP contribution >= 0.6 is 11.3 Å². The molecule has 0 fully saturated rings. The molecular weight excluding hydrogens is 166 g/mol. The van der Waals surface area contributed by atoms with Gasteiger partial charge in [-0.05, 0) is 50.4 Å². The minimum atomic E-state index is 0.770. The molecule has 1 aliphatic carbocycles. The first-order valence-electron chi connectivity index (χ1n) is 4.49. The van der Waals surface area contributed by atoms with Crippen LogP contribution in [0, 0.1) is 0 Å². The van der Waals surface area contributed by atoms with Crippen molar-refractivity contribution in [2.45, 2.75) is 25.3 Å². The van der Waals surface area contributed by atoms with Crippen molar-refractivity contribution in [3.63, 3.8) is 0 Å². The summed E-state index contributed by atoms with van der Waals surface area (Å²) in [5, 5.41) is 2.22. The Morgan fingerprint density at radius 1 is 1.50 bits per heavy atom. The second-order valence-corrected chi connectivity index (χ2v) is 4.73. The summed E-state index contributed by atoms with van der Waals surface area (Å²) in [6, 6.07) is 3.06. The third kappa shape index (κ3) is 1.41. The second-order valence-electron chi connectivity index (χ2n) is 3.73. The van der Waals surface area contributed by atoms with Crippen molar-refractivity contribution >= 4 is 11.3 Å². The van der Waals surface area contributed by atoms with Gasteiger partial charge in [0.25, 0.3) is 0 Å². The third-order valence-corrected chi connectivity index (χ3v) is 3.75. The number of nitrogens with zero attached hydrogens (tertiary/aromatic N) is 1. The molecule has 1 atom stereocenters. The minimum Gasteiger partial charge on any atom is -0.306 e. The Morgan fingerprint density at radius 2 is 2.33 bits per heavy atom. The Balaban J connectivity index is 2.15. The zero-order chi connectivity index (χ0) is 8.55. The molecule has 1 heterocycles. The molecule has 1 unspecified atom stereocenters. The minimum absolute atomic E-state index is 0.770. The number of likely N-dealkylation sites (N-methyl/N-ethyl adjacent to an activating group) is 1. The summed E-state index contributed by atoms with van der Waals surface area (Å²) in [4.78, 5) is 3.97. The molecule has 0 N–H and O–H groups in total. The summed E-state index contributed by atoms with van der Waals surface area (Å²) in [5.74, 6) is 0. The van der Waals surface area contributed by atoms with Crippen molar-refractivity contribution in [1.29, 1.82) is 0 Å². The normalized spacial score (nSPS) is 22.8. The zero-order valence-corrected chi connectivity index (χ0v) is 8.53. The highest BCUT2D eigenvalue weighted by molar-refractivity contribution is 7.10. The third-order valence-electron chi connectivity index (χ3n) is 2.73. The number of rotatable bonds is 1. The lowest BCUT2D eigenvalue weighted by molar-refractivity contribution is 0.269. The van der Waals surface area contributed by atoms with Crippen LogP contribution in [0.4, 0.5) is 0 Å². The molecular formula is C10H15NS. The lowest BCUT2D eigenvalue weighted by Gasteiger charge is -2.27. The van der Waals surface area contributed by atoms with E-state index in [2.05, 4.69) is 30.4 Å². The molecule has 0 bridgehead atoms. The Hall–Kier alpha value is -0.340. The molecule has 2 rings (SSSR count). The van der Waals surface area contributed by atoms with E-state index >= 15 is 0 Å². The lowest BCUT2D eigenvalue weighted by atomic mass is 9.94. The Morgan fingerprint density at radius 3 is 3.08 bits per heavy atom. The van der Waals surface area contributed by atoms with Crippen LogP contribution < -0.4 is 0 Å². The van der Waals surface area contributed by atoms with Crippen LogP contribution in [-0.4, -0.2) is 25.0 Å². The maximum atomic E-state index is 2.35. The highest BCUT2D eigenvalue weighted by Gasteiger charge is 2.20. The molecule has 2 heteroatoms. The van der Waals surface area contributed by atoms with E-state index in [0.29, 0.717) is 0 Å². The molecule has 1 aromatic heterocycles. The first-order chi connectivity index (χ1) is 5.77. The van der Waals surface area contributed by atoms with Gasteiger partial charge in [0.15, 0.2) is 0 Å². The fourth-order valence-electron chi connectivity index (χ4n) is 1.86. The van der Waals surface area contributed by atoms with E-state index < -0.39 is 0 Å². The molecule has 66 valence electrons. The van der Waals surface area contributed by atoms with Crippen LogP contribution in [0.2, 0.25) is 0 Å². The Bertz CT molecular complexity index is 265. The molecule has 0 aromatic carbocycles. The Labute approximate surface area is 78.0 Å². The van der Waals surface area contributed by atoms with E-state index in [1.165, 1.54) is 19.3 Å². The molecule has 0 saturated heterocycles. The molecule has 0 amide bonds. The largest absolute Gasteiger partial charge is 0.306 e. The summed E-state index contributed by atoms with van der Waals surface area (Å²) >= 11 is 1.92. The molecule has 0 spiro atoms. The average molecular weight is 181 g/mol. The zero-order valence-electron chi connectivity index (χ0n) is 7.71. The van der Waals surface area contributed by atoms with E-state index in [9.17, 15) is 0 Å². The first kappa shape index (κ1) is 8.27. The van der Waals surface area contributed by atoms with Crippen molar-refractivity contribution in [2.75, 3.05) is 14.1 Å². The van der Waals surface area contributed by atoms with Crippen molar-refractivity contribution in [2.24, 2.45) is 0 Å². The smallest absolute Gasteiger partial charge is 0.0133 e. The summed E-state index contributed by atoms with van der Waals surface area (Å²) in [7, 11) is 4.37. The van der Waals surface area contributed by atoms with Crippen LogP contribution in [0.25, 0.3) is 0 Å². The van der Waals surface area contributed by atoms with Gasteiger partial charge in [0, 0.05) is 10.9 Å². The summed E-state index contributed by atoms with van der Waals surface area (Å²) < 4.78 is 0. The number of hydrogen-bond donors (Lipinski definition) is 0. The van der Waals surface area contributed by atoms with Gasteiger partial charge in [-0.2, -0.15) is 0 Å². The van der Waals surface area contributed by atoms with Crippen LogP contribution in [0.5, 0.6) is 0 Å². The number of hydrogen-bond acceptors (Lipinski definition) is 2. The maximum Gasteiger partial charge on any atom is 0.0133 e. The summed E-state index contributed by atoms with van der Waals surface area (Å²) in [5.41, 5.74) is 1.59. The average Bonchev–Trinajstić information content (AvgIpc) is 2.49. The van der Waals surface area contributed by atoms with E-state index in [1.807, 2.05) is 11.3 Å². The predicted molar refractivity (Wildman–Crippen MR) is 53.8 cm³/mol. The molecule has 0 saturated carbocycles. The quantitative estimate of drug-likeness (QED) is 0.642. The van der Waals surface area contributed by atoms with Crippen molar-refractivity contribution in [3.8, 4) is 0 Å². The highest BCUT2D eigenvalue weighted by atomic mass is 32.1. The first-order valence-corrected chi connectivity index (χ1v) is 5.37. The van der Waals surface area contributed by atoms with Crippen LogP contribution in [-0.2, 0) is 12.8 Å². The van der Waals surface area contributed by atoms with Crippen molar-refractivity contribution in [3.05, 3.63) is 21.9 Å². The number of aryl methyl sites for hydroxylation is 1. The molecule has 1 aliphatic rings. The number of fused-ring (bicyclic) bond motifs is 1. The molecule has 1 aromatic rings. The van der Waals surface area contributed by atoms with E-state index in [1.54, 1.807) is 10.4 Å². The van der Waals surface area contributed by atoms with Gasteiger partial charge in [-0.1, -0.05) is 0 Å². The van der Waals surface area contributed by atoms with Gasteiger partial charge in [-0.15, -0.1) is 11.3 Å². The SMILES string of the molecule is CN(C)C1CCc2sccc2C1. The van der Waals surface area contributed by atoms with Crippen molar-refractivity contribution in [1.82, 2.24) is 4.90 Å². The highest BCUT2D eigenvalue weighted by Crippen LogP contribution is 2.27. The van der Waals surface area contributed by atoms with Gasteiger partial charge < -0.3 is 4.90 Å². The second kappa shape index (κ2) is 3.19. The molecule has 0 aliphatic heterocycles. The molecule has 0 radical (unpaired) electrons. The van der Waals surface area contributed by atoms with Crippen LogP contribution in [0.1, 0.15) is 16.9 Å². The Kier molecular flexibility index (Phi) is 2.20. The van der Waals surface area contributed by atoms with Crippen LogP contribution in [0.15, 0.2) is 11.4 Å². The van der Waals surface area contributed by atoms with Gasteiger partial charge in [-0.25, -0.2) is 0 Å². The van der Waals surface area contributed by atoms with Crippen LogP contribution in [0.3, 0.4) is 0 Å². The fraction of sp³-hybridized carbons (Fsp3) is 0.600. The van der Waals surface area contributed by atoms with Gasteiger partial charge in [0.05, 0.1) is 0 Å². The number of thiophene rings is 1. The summed E-state index contributed by atoms with van der Waals surface area (Å²) in [6.07, 6.45) is 3.88. The summed E-state index contributed by atoms with van der Waals surface area (Å²) in [6.45, 7) is 0. The van der Waals surface area contributed by atoms with E-state index in [-0.39, 0.29) is 0 Å². The monoisotopic (exact) mass is 181 g/mol. The molecule has 12 heavy (non-hydrogen) atoms. The van der Waals surface area contributed by atoms with Gasteiger partial charge >= 0.3 is 0 Å². The standard InChI is InChI=1S/C10H15NS/c1-11(2)9-3-4-10-8(7-9)5-6-12-10/h5-6,9H,3-4,7H2,1-2H3. The lowest BCUT2D eigenvalue weighted by Crippen LogP contribution is -2.32. The molecule has 1 nitrogen and oxygen atoms in total. The van der Waals surface area contributed by atoms with Crippen molar-refractivity contribution < 1.29 is 0 Å². The van der Waals surface area contributed by atoms with Gasteiger partial charge in [0.2, 0.25) is 0 Å². The topological polar surface area (TPSA) is 3.24 Å². The van der Waals surface area contributed by atoms with E-state index in [4.69, 9.17) is 0 Å². The maximum absolute atomic E-state index is 2.35.